The molecule has 1 aliphatic rings. The van der Waals surface area contributed by atoms with Crippen molar-refractivity contribution in [3.05, 3.63) is 34.9 Å². The van der Waals surface area contributed by atoms with E-state index in [2.05, 4.69) is 0 Å². The van der Waals surface area contributed by atoms with E-state index in [4.69, 9.17) is 4.74 Å². The monoisotopic (exact) mass is 216 g/mol. The molecule has 1 aliphatic heterocycles. The Morgan fingerprint density at radius 3 is 2.67 bits per heavy atom. The first-order valence-corrected chi connectivity index (χ1v) is 4.84. The summed E-state index contributed by atoms with van der Waals surface area (Å²) in [6.45, 7) is 1.05. The van der Waals surface area contributed by atoms with Crippen LogP contribution in [0, 0.1) is 0 Å². The van der Waals surface area contributed by atoms with E-state index in [1.807, 2.05) is 0 Å². The van der Waals surface area contributed by atoms with E-state index in [1.165, 1.54) is 12.1 Å². The first-order chi connectivity index (χ1) is 7.07. The molecule has 0 saturated heterocycles. The van der Waals surface area contributed by atoms with Crippen LogP contribution in [0.2, 0.25) is 0 Å². The Balaban J connectivity index is 2.36. The first kappa shape index (κ1) is 10.5. The van der Waals surface area contributed by atoms with Crippen molar-refractivity contribution in [1.29, 1.82) is 0 Å². The van der Waals surface area contributed by atoms with E-state index in [9.17, 15) is 13.2 Å². The number of hydrogen-bond acceptors (Lipinski definition) is 1. The van der Waals surface area contributed by atoms with E-state index in [-0.39, 0.29) is 0 Å². The zero-order chi connectivity index (χ0) is 10.9. The summed E-state index contributed by atoms with van der Waals surface area (Å²) in [5.74, 6) is 0. The molecule has 0 amide bonds. The summed E-state index contributed by atoms with van der Waals surface area (Å²) in [5, 5.41) is 0. The van der Waals surface area contributed by atoms with Crippen molar-refractivity contribution in [1.82, 2.24) is 0 Å². The predicted octanol–water partition coefficient (Wildman–Crippen LogP) is 3.17. The maximum absolute atomic E-state index is 12.4. The van der Waals surface area contributed by atoms with Gasteiger partial charge >= 0.3 is 6.18 Å². The normalized spacial score (nSPS) is 17.0. The van der Waals surface area contributed by atoms with Gasteiger partial charge in [0.15, 0.2) is 0 Å². The third kappa shape index (κ3) is 2.31. The number of fused-ring (bicyclic) bond motifs is 1. The molecule has 1 aromatic rings. The van der Waals surface area contributed by atoms with Crippen LogP contribution in [0.3, 0.4) is 0 Å². The molecule has 0 fully saturated rings. The largest absolute Gasteiger partial charge is 0.416 e. The highest BCUT2D eigenvalue weighted by atomic mass is 19.4. The molecule has 0 N–H and O–H groups in total. The minimum Gasteiger partial charge on any atom is -0.377 e. The van der Waals surface area contributed by atoms with Crippen molar-refractivity contribution in [3.63, 3.8) is 0 Å². The smallest absolute Gasteiger partial charge is 0.377 e. The third-order valence-electron chi connectivity index (χ3n) is 2.53. The zero-order valence-corrected chi connectivity index (χ0v) is 8.10. The highest BCUT2D eigenvalue weighted by Gasteiger charge is 2.31. The van der Waals surface area contributed by atoms with Crippen LogP contribution in [0.15, 0.2) is 18.2 Å². The topological polar surface area (TPSA) is 9.23 Å². The SMILES string of the molecule is FC(F)(F)c1ccc2c(c1)CCCOC2. The maximum atomic E-state index is 12.4. The number of alkyl halides is 3. The van der Waals surface area contributed by atoms with Crippen molar-refractivity contribution in [2.24, 2.45) is 0 Å². The van der Waals surface area contributed by atoms with Crippen molar-refractivity contribution in [2.75, 3.05) is 6.61 Å². The van der Waals surface area contributed by atoms with Crippen LogP contribution in [0.5, 0.6) is 0 Å². The van der Waals surface area contributed by atoms with Gasteiger partial charge in [-0.25, -0.2) is 0 Å². The zero-order valence-electron chi connectivity index (χ0n) is 8.10. The fourth-order valence-electron chi connectivity index (χ4n) is 1.72. The van der Waals surface area contributed by atoms with Gasteiger partial charge in [-0.1, -0.05) is 6.07 Å². The number of ether oxygens (including phenoxy) is 1. The molecule has 1 heterocycles. The highest BCUT2D eigenvalue weighted by molar-refractivity contribution is 5.33. The minimum atomic E-state index is -4.25. The molecule has 0 bridgehead atoms. The van der Waals surface area contributed by atoms with Crippen LogP contribution in [0.1, 0.15) is 23.1 Å². The third-order valence-corrected chi connectivity index (χ3v) is 2.53. The second-order valence-corrected chi connectivity index (χ2v) is 3.64. The number of hydrogen-bond donors (Lipinski definition) is 0. The van der Waals surface area contributed by atoms with Crippen molar-refractivity contribution in [3.8, 4) is 0 Å². The maximum Gasteiger partial charge on any atom is 0.416 e. The van der Waals surface area contributed by atoms with Gasteiger partial charge in [-0.3, -0.25) is 0 Å². The summed E-state index contributed by atoms with van der Waals surface area (Å²) in [6.07, 6.45) is -2.80. The van der Waals surface area contributed by atoms with Crippen LogP contribution in [0.4, 0.5) is 13.2 Å². The van der Waals surface area contributed by atoms with Crippen LogP contribution < -0.4 is 0 Å². The van der Waals surface area contributed by atoms with Gasteiger partial charge in [0, 0.05) is 6.61 Å². The van der Waals surface area contributed by atoms with Crippen molar-refractivity contribution < 1.29 is 17.9 Å². The van der Waals surface area contributed by atoms with E-state index in [1.54, 1.807) is 0 Å². The van der Waals surface area contributed by atoms with Gasteiger partial charge in [0.05, 0.1) is 12.2 Å². The fourth-order valence-corrected chi connectivity index (χ4v) is 1.72. The molecule has 1 nitrogen and oxygen atoms in total. The quantitative estimate of drug-likeness (QED) is 0.647. The second kappa shape index (κ2) is 3.85. The van der Waals surface area contributed by atoms with Crippen LogP contribution in [-0.2, 0) is 23.9 Å². The lowest BCUT2D eigenvalue weighted by Crippen LogP contribution is -2.06. The van der Waals surface area contributed by atoms with Gasteiger partial charge in [0.25, 0.3) is 0 Å². The molecule has 4 heteroatoms. The molecule has 0 spiro atoms. The molecule has 0 aromatic heterocycles. The molecule has 2 rings (SSSR count). The Kier molecular flexibility index (Phi) is 2.69. The molecule has 0 saturated carbocycles. The predicted molar refractivity (Wildman–Crippen MR) is 49.4 cm³/mol. The molecule has 82 valence electrons. The van der Waals surface area contributed by atoms with E-state index in [0.29, 0.717) is 19.6 Å². The van der Waals surface area contributed by atoms with Gasteiger partial charge < -0.3 is 4.74 Å². The summed E-state index contributed by atoms with van der Waals surface area (Å²) in [5.41, 5.74) is 1.07. The Hall–Kier alpha value is -1.03. The Morgan fingerprint density at radius 2 is 1.93 bits per heavy atom. The van der Waals surface area contributed by atoms with Crippen LogP contribution >= 0.6 is 0 Å². The molecule has 0 radical (unpaired) electrons. The lowest BCUT2D eigenvalue weighted by molar-refractivity contribution is -0.137. The number of benzene rings is 1. The minimum absolute atomic E-state index is 0.424. The molecule has 0 unspecified atom stereocenters. The molecular weight excluding hydrogens is 205 g/mol. The highest BCUT2D eigenvalue weighted by Crippen LogP contribution is 2.31. The summed E-state index contributed by atoms with van der Waals surface area (Å²) in [7, 11) is 0. The molecule has 0 aliphatic carbocycles. The van der Waals surface area contributed by atoms with E-state index >= 15 is 0 Å². The van der Waals surface area contributed by atoms with E-state index < -0.39 is 11.7 Å². The lowest BCUT2D eigenvalue weighted by atomic mass is 10.0. The molecule has 0 atom stereocenters. The van der Waals surface area contributed by atoms with Gasteiger partial charge in [0.2, 0.25) is 0 Å². The fraction of sp³-hybridized carbons (Fsp3) is 0.455. The van der Waals surface area contributed by atoms with Gasteiger partial charge in [0.1, 0.15) is 0 Å². The average Bonchev–Trinajstić information content (AvgIpc) is 2.39. The Morgan fingerprint density at radius 1 is 1.13 bits per heavy atom. The van der Waals surface area contributed by atoms with Crippen molar-refractivity contribution in [2.45, 2.75) is 25.6 Å². The standard InChI is InChI=1S/C11H11F3O/c12-11(13,14)10-4-3-9-7-15-5-1-2-8(9)6-10/h3-4,6H,1-2,5,7H2. The van der Waals surface area contributed by atoms with Gasteiger partial charge in [-0.05, 0) is 36.1 Å². The van der Waals surface area contributed by atoms with E-state index in [0.717, 1.165) is 23.6 Å². The Bertz CT molecular complexity index is 357. The summed E-state index contributed by atoms with van der Waals surface area (Å²) < 4.78 is 42.5. The van der Waals surface area contributed by atoms with Gasteiger partial charge in [-0.15, -0.1) is 0 Å². The van der Waals surface area contributed by atoms with Gasteiger partial charge in [-0.2, -0.15) is 13.2 Å². The summed E-state index contributed by atoms with van der Waals surface area (Å²) in [6, 6.07) is 3.88. The number of aryl methyl sites for hydroxylation is 1. The van der Waals surface area contributed by atoms with Crippen LogP contribution in [0.25, 0.3) is 0 Å². The van der Waals surface area contributed by atoms with Crippen molar-refractivity contribution >= 4 is 0 Å². The first-order valence-electron chi connectivity index (χ1n) is 4.84. The summed E-state index contributed by atoms with van der Waals surface area (Å²) in [4.78, 5) is 0. The second-order valence-electron chi connectivity index (χ2n) is 3.64. The average molecular weight is 216 g/mol. The lowest BCUT2D eigenvalue weighted by Gasteiger charge is -2.10. The van der Waals surface area contributed by atoms with Crippen LogP contribution in [-0.4, -0.2) is 6.61 Å². The molecule has 1 aromatic carbocycles. The Labute approximate surface area is 85.9 Å². The molecule has 15 heavy (non-hydrogen) atoms. The number of halogens is 3. The summed E-state index contributed by atoms with van der Waals surface area (Å²) >= 11 is 0. The molecular formula is C11H11F3O. The number of rotatable bonds is 0.